The summed E-state index contributed by atoms with van der Waals surface area (Å²) in [5.41, 5.74) is 1.17. The van der Waals surface area contributed by atoms with Gasteiger partial charge in [0.15, 0.2) is 5.69 Å². The lowest BCUT2D eigenvalue weighted by molar-refractivity contribution is 0.0901. The van der Waals surface area contributed by atoms with Crippen molar-refractivity contribution in [3.05, 3.63) is 76.2 Å². The van der Waals surface area contributed by atoms with E-state index in [2.05, 4.69) is 27.3 Å². The van der Waals surface area contributed by atoms with Gasteiger partial charge in [0.25, 0.3) is 11.5 Å². The maximum absolute atomic E-state index is 13.5. The number of hydrogen-bond donors (Lipinski definition) is 1. The summed E-state index contributed by atoms with van der Waals surface area (Å²) in [6.07, 6.45) is 0. The number of fused-ring (bicyclic) bond motifs is 1. The van der Waals surface area contributed by atoms with Gasteiger partial charge in [-0.1, -0.05) is 48.5 Å². The first-order valence-electron chi connectivity index (χ1n) is 11.2. The molecule has 1 aromatic heterocycles. The summed E-state index contributed by atoms with van der Waals surface area (Å²) < 4.78 is 1.40. The van der Waals surface area contributed by atoms with E-state index in [1.54, 1.807) is 12.1 Å². The summed E-state index contributed by atoms with van der Waals surface area (Å²) in [7, 11) is 2.13. The molecule has 2 aromatic carbocycles. The fraction of sp³-hybridized carbons (Fsp3) is 0.400. The van der Waals surface area contributed by atoms with Gasteiger partial charge in [0.2, 0.25) is 0 Å². The number of hydrogen-bond acceptors (Lipinski definition) is 5. The van der Waals surface area contributed by atoms with Crippen LogP contribution in [0.3, 0.4) is 0 Å². The topological polar surface area (TPSA) is 70.5 Å². The number of piperazine rings is 1. The highest BCUT2D eigenvalue weighted by Crippen LogP contribution is 2.19. The second-order valence-electron chi connectivity index (χ2n) is 8.78. The average Bonchev–Trinajstić information content (AvgIpc) is 2.80. The first-order chi connectivity index (χ1) is 15.4. The van der Waals surface area contributed by atoms with Gasteiger partial charge in [0.05, 0.1) is 17.5 Å². The minimum atomic E-state index is -0.265. The highest BCUT2D eigenvalue weighted by atomic mass is 16.2. The Morgan fingerprint density at radius 1 is 0.969 bits per heavy atom. The Bertz CT molecular complexity index is 1130. The van der Waals surface area contributed by atoms with Gasteiger partial charge < -0.3 is 10.2 Å². The van der Waals surface area contributed by atoms with Gasteiger partial charge in [-0.2, -0.15) is 5.10 Å². The van der Waals surface area contributed by atoms with E-state index in [4.69, 9.17) is 0 Å². The Balaban J connectivity index is 1.67. The van der Waals surface area contributed by atoms with E-state index in [1.165, 1.54) is 4.68 Å². The summed E-state index contributed by atoms with van der Waals surface area (Å²) in [5, 5.41) is 8.78. The lowest BCUT2D eigenvalue weighted by Gasteiger charge is -2.35. The number of aromatic nitrogens is 2. The van der Waals surface area contributed by atoms with Gasteiger partial charge in [0.1, 0.15) is 0 Å². The van der Waals surface area contributed by atoms with Crippen molar-refractivity contribution < 1.29 is 4.79 Å². The van der Waals surface area contributed by atoms with Crippen LogP contribution in [0.5, 0.6) is 0 Å². The molecule has 2 heterocycles. The van der Waals surface area contributed by atoms with Crippen LogP contribution in [-0.2, 0) is 0 Å². The van der Waals surface area contributed by atoms with Crippen molar-refractivity contribution >= 4 is 16.7 Å². The molecule has 4 rings (SSSR count). The fourth-order valence-electron chi connectivity index (χ4n) is 4.16. The van der Waals surface area contributed by atoms with Gasteiger partial charge in [-0.25, -0.2) is 4.68 Å². The van der Waals surface area contributed by atoms with Crippen molar-refractivity contribution in [2.75, 3.05) is 39.8 Å². The average molecular weight is 434 g/mol. The normalized spacial score (nSPS) is 16.4. The van der Waals surface area contributed by atoms with E-state index < -0.39 is 0 Å². The SMILES string of the molecule is CC(C)n1nc(C(=O)NC(CN2CCN(C)CC2)c2ccccc2)c2ccccc2c1=O. The molecule has 7 heteroatoms. The van der Waals surface area contributed by atoms with Crippen molar-refractivity contribution in [1.29, 1.82) is 0 Å². The zero-order valence-corrected chi connectivity index (χ0v) is 19.0. The molecular weight excluding hydrogens is 402 g/mol. The summed E-state index contributed by atoms with van der Waals surface area (Å²) in [5.74, 6) is -0.265. The highest BCUT2D eigenvalue weighted by molar-refractivity contribution is 6.04. The second-order valence-corrected chi connectivity index (χ2v) is 8.78. The van der Waals surface area contributed by atoms with Crippen molar-refractivity contribution in [3.8, 4) is 0 Å². The largest absolute Gasteiger partial charge is 0.343 e. The highest BCUT2D eigenvalue weighted by Gasteiger charge is 2.24. The lowest BCUT2D eigenvalue weighted by atomic mass is 10.0. The lowest BCUT2D eigenvalue weighted by Crippen LogP contribution is -2.48. The molecule has 0 radical (unpaired) electrons. The van der Waals surface area contributed by atoms with Crippen LogP contribution in [-0.4, -0.2) is 65.3 Å². The molecule has 1 unspecified atom stereocenters. The Morgan fingerprint density at radius 3 is 2.25 bits per heavy atom. The zero-order chi connectivity index (χ0) is 22.7. The number of carbonyl (C=O) groups excluding carboxylic acids is 1. The molecule has 1 fully saturated rings. The number of nitrogens with one attached hydrogen (secondary N) is 1. The van der Waals surface area contributed by atoms with Crippen LogP contribution in [0.15, 0.2) is 59.4 Å². The van der Waals surface area contributed by atoms with E-state index in [-0.39, 0.29) is 29.2 Å². The minimum absolute atomic E-state index is 0.145. The van der Waals surface area contributed by atoms with E-state index in [9.17, 15) is 9.59 Å². The van der Waals surface area contributed by atoms with Crippen molar-refractivity contribution in [1.82, 2.24) is 24.9 Å². The molecule has 1 N–H and O–H groups in total. The maximum atomic E-state index is 13.5. The minimum Gasteiger partial charge on any atom is -0.343 e. The molecular formula is C25H31N5O2. The van der Waals surface area contributed by atoms with Crippen LogP contribution in [0.2, 0.25) is 0 Å². The Labute approximate surface area is 188 Å². The van der Waals surface area contributed by atoms with Crippen LogP contribution < -0.4 is 10.9 Å². The first kappa shape index (κ1) is 22.2. The summed E-state index contributed by atoms with van der Waals surface area (Å²) in [4.78, 5) is 31.0. The molecule has 1 aliphatic rings. The monoisotopic (exact) mass is 433 g/mol. The van der Waals surface area contributed by atoms with Gasteiger partial charge in [-0.15, -0.1) is 0 Å². The van der Waals surface area contributed by atoms with Crippen LogP contribution in [0.4, 0.5) is 0 Å². The number of benzene rings is 2. The molecule has 1 amide bonds. The standard InChI is InChI=1S/C25H31N5O2/c1-18(2)30-25(32)21-12-8-7-11-20(21)23(27-30)24(31)26-22(19-9-5-4-6-10-19)17-29-15-13-28(3)14-16-29/h4-12,18,22H,13-17H2,1-3H3,(H,26,31). The summed E-state index contributed by atoms with van der Waals surface area (Å²) in [6.45, 7) is 8.48. The third-order valence-electron chi connectivity index (χ3n) is 6.08. The van der Waals surface area contributed by atoms with Gasteiger partial charge in [-0.05, 0) is 32.5 Å². The van der Waals surface area contributed by atoms with Crippen LogP contribution >= 0.6 is 0 Å². The molecule has 32 heavy (non-hydrogen) atoms. The predicted molar refractivity (Wildman–Crippen MR) is 127 cm³/mol. The zero-order valence-electron chi connectivity index (χ0n) is 19.0. The first-order valence-corrected chi connectivity index (χ1v) is 11.2. The van der Waals surface area contributed by atoms with E-state index in [0.717, 1.165) is 38.3 Å². The fourth-order valence-corrected chi connectivity index (χ4v) is 4.16. The van der Waals surface area contributed by atoms with E-state index >= 15 is 0 Å². The predicted octanol–water partition coefficient (Wildman–Crippen LogP) is 2.70. The van der Waals surface area contributed by atoms with Gasteiger partial charge >= 0.3 is 0 Å². The van der Waals surface area contributed by atoms with E-state index in [1.807, 2.05) is 56.3 Å². The molecule has 168 valence electrons. The molecule has 7 nitrogen and oxygen atoms in total. The van der Waals surface area contributed by atoms with Gasteiger partial charge in [-0.3, -0.25) is 14.5 Å². The Morgan fingerprint density at radius 2 is 1.59 bits per heavy atom. The molecule has 1 saturated heterocycles. The second kappa shape index (κ2) is 9.63. The quantitative estimate of drug-likeness (QED) is 0.647. The number of likely N-dealkylation sites (N-methyl/N-ethyl adjacent to an activating group) is 1. The third-order valence-corrected chi connectivity index (χ3v) is 6.08. The maximum Gasteiger partial charge on any atom is 0.274 e. The van der Waals surface area contributed by atoms with Crippen LogP contribution in [0, 0.1) is 0 Å². The molecule has 0 aliphatic carbocycles. The number of rotatable bonds is 6. The van der Waals surface area contributed by atoms with Crippen LogP contribution in [0.1, 0.15) is 42.0 Å². The van der Waals surface area contributed by atoms with Crippen molar-refractivity contribution in [3.63, 3.8) is 0 Å². The smallest absolute Gasteiger partial charge is 0.274 e. The van der Waals surface area contributed by atoms with Crippen molar-refractivity contribution in [2.45, 2.75) is 25.9 Å². The molecule has 3 aromatic rings. The Hall–Kier alpha value is -3.03. The molecule has 1 aliphatic heterocycles. The molecule has 0 saturated carbocycles. The molecule has 0 spiro atoms. The number of nitrogens with zero attached hydrogens (tertiary/aromatic N) is 4. The summed E-state index contributed by atoms with van der Waals surface area (Å²) >= 11 is 0. The number of amides is 1. The Kier molecular flexibility index (Phi) is 6.67. The van der Waals surface area contributed by atoms with Gasteiger partial charge in [0, 0.05) is 38.1 Å². The summed E-state index contributed by atoms with van der Waals surface area (Å²) in [6, 6.07) is 16.9. The van der Waals surface area contributed by atoms with Crippen molar-refractivity contribution in [2.24, 2.45) is 0 Å². The van der Waals surface area contributed by atoms with E-state index in [0.29, 0.717) is 10.8 Å². The molecule has 0 bridgehead atoms. The number of carbonyl (C=O) groups is 1. The molecule has 1 atom stereocenters. The third kappa shape index (κ3) is 4.74. The van der Waals surface area contributed by atoms with Crippen LogP contribution in [0.25, 0.3) is 10.8 Å².